The number of methoxy groups -OCH3 is 2. The Hall–Kier alpha value is -2.79. The van der Waals surface area contributed by atoms with Gasteiger partial charge in [-0.2, -0.15) is 0 Å². The summed E-state index contributed by atoms with van der Waals surface area (Å²) in [5.74, 6) is 1.39. The maximum atomic E-state index is 12.8. The number of ether oxygens (including phenoxy) is 2. The maximum absolute atomic E-state index is 12.8. The first-order valence-corrected chi connectivity index (χ1v) is 8.72. The SMILES string of the molecule is COc1cc2c(cc1OC)[C@H](c1cc3ccc(C)cc3[nH]c1=O)NCC2. The van der Waals surface area contributed by atoms with Crippen LogP contribution in [0.15, 0.2) is 41.2 Å². The van der Waals surface area contributed by atoms with E-state index in [1.165, 1.54) is 5.56 Å². The van der Waals surface area contributed by atoms with Gasteiger partial charge in [0.15, 0.2) is 11.5 Å². The smallest absolute Gasteiger partial charge is 0.253 e. The van der Waals surface area contributed by atoms with E-state index in [9.17, 15) is 4.79 Å². The molecule has 0 radical (unpaired) electrons. The van der Waals surface area contributed by atoms with Gasteiger partial charge in [0.05, 0.1) is 20.3 Å². The third-order valence-electron chi connectivity index (χ3n) is 5.04. The lowest BCUT2D eigenvalue weighted by Crippen LogP contribution is -2.34. The largest absolute Gasteiger partial charge is 0.493 e. The molecule has 0 bridgehead atoms. The lowest BCUT2D eigenvalue weighted by atomic mass is 9.89. The van der Waals surface area contributed by atoms with E-state index in [-0.39, 0.29) is 11.6 Å². The zero-order chi connectivity index (χ0) is 18.3. The number of aromatic nitrogens is 1. The van der Waals surface area contributed by atoms with E-state index in [4.69, 9.17) is 9.47 Å². The molecule has 0 unspecified atom stereocenters. The first-order valence-electron chi connectivity index (χ1n) is 8.72. The Balaban J connectivity index is 1.88. The number of H-pyrrole nitrogens is 1. The van der Waals surface area contributed by atoms with E-state index in [0.717, 1.165) is 46.3 Å². The van der Waals surface area contributed by atoms with Crippen molar-refractivity contribution in [2.75, 3.05) is 20.8 Å². The fourth-order valence-electron chi connectivity index (χ4n) is 3.71. The molecule has 5 heteroatoms. The van der Waals surface area contributed by atoms with Crippen LogP contribution in [0, 0.1) is 6.92 Å². The molecule has 0 saturated heterocycles. The molecule has 5 nitrogen and oxygen atoms in total. The number of hydrogen-bond donors (Lipinski definition) is 2. The summed E-state index contributed by atoms with van der Waals surface area (Å²) in [5, 5.41) is 4.51. The van der Waals surface area contributed by atoms with Gasteiger partial charge in [-0.15, -0.1) is 0 Å². The van der Waals surface area contributed by atoms with Gasteiger partial charge >= 0.3 is 0 Å². The Morgan fingerprint density at radius 3 is 2.54 bits per heavy atom. The molecule has 0 saturated carbocycles. The van der Waals surface area contributed by atoms with Gasteiger partial charge in [0.2, 0.25) is 0 Å². The fourth-order valence-corrected chi connectivity index (χ4v) is 3.71. The van der Waals surface area contributed by atoms with Crippen LogP contribution in [0.25, 0.3) is 10.9 Å². The third kappa shape index (κ3) is 2.74. The van der Waals surface area contributed by atoms with Crippen LogP contribution in [0.2, 0.25) is 0 Å². The summed E-state index contributed by atoms with van der Waals surface area (Å²) in [6.07, 6.45) is 0.886. The van der Waals surface area contributed by atoms with Crippen LogP contribution in [0.3, 0.4) is 0 Å². The molecule has 26 heavy (non-hydrogen) atoms. The monoisotopic (exact) mass is 350 g/mol. The highest BCUT2D eigenvalue weighted by Crippen LogP contribution is 2.37. The Kier molecular flexibility index (Phi) is 4.17. The molecule has 2 N–H and O–H groups in total. The third-order valence-corrected chi connectivity index (χ3v) is 5.04. The van der Waals surface area contributed by atoms with E-state index in [0.29, 0.717) is 5.75 Å². The highest BCUT2D eigenvalue weighted by Gasteiger charge is 2.26. The van der Waals surface area contributed by atoms with E-state index >= 15 is 0 Å². The predicted molar refractivity (Wildman–Crippen MR) is 102 cm³/mol. The number of rotatable bonds is 3. The number of fused-ring (bicyclic) bond motifs is 2. The predicted octanol–water partition coefficient (Wildman–Crippen LogP) is 3.09. The van der Waals surface area contributed by atoms with Crippen LogP contribution in [0.1, 0.15) is 28.3 Å². The number of aryl methyl sites for hydroxylation is 1. The van der Waals surface area contributed by atoms with Crippen LogP contribution in [-0.4, -0.2) is 25.7 Å². The van der Waals surface area contributed by atoms with Crippen molar-refractivity contribution in [2.45, 2.75) is 19.4 Å². The molecule has 0 aliphatic carbocycles. The van der Waals surface area contributed by atoms with Crippen molar-refractivity contribution in [2.24, 2.45) is 0 Å². The molecule has 1 aliphatic rings. The normalized spacial score (nSPS) is 16.3. The lowest BCUT2D eigenvalue weighted by molar-refractivity contribution is 0.353. The second-order valence-electron chi connectivity index (χ2n) is 6.69. The van der Waals surface area contributed by atoms with Gasteiger partial charge in [-0.3, -0.25) is 4.79 Å². The minimum atomic E-state index is -0.173. The second kappa shape index (κ2) is 6.50. The van der Waals surface area contributed by atoms with Gasteiger partial charge in [-0.25, -0.2) is 0 Å². The van der Waals surface area contributed by atoms with Gasteiger partial charge in [0, 0.05) is 17.6 Å². The van der Waals surface area contributed by atoms with E-state index in [1.54, 1.807) is 14.2 Å². The van der Waals surface area contributed by atoms with Crippen LogP contribution in [-0.2, 0) is 6.42 Å². The molecule has 0 spiro atoms. The summed E-state index contributed by atoms with van der Waals surface area (Å²) in [4.78, 5) is 15.8. The van der Waals surface area contributed by atoms with Gasteiger partial charge in [-0.1, -0.05) is 12.1 Å². The van der Waals surface area contributed by atoms with Crippen molar-refractivity contribution in [3.8, 4) is 11.5 Å². The van der Waals surface area contributed by atoms with E-state index in [2.05, 4.69) is 16.4 Å². The quantitative estimate of drug-likeness (QED) is 0.762. The Morgan fingerprint density at radius 1 is 1.00 bits per heavy atom. The molecule has 3 aromatic rings. The zero-order valence-electron chi connectivity index (χ0n) is 15.2. The number of nitrogens with one attached hydrogen (secondary N) is 2. The fraction of sp³-hybridized carbons (Fsp3) is 0.286. The lowest BCUT2D eigenvalue weighted by Gasteiger charge is -2.28. The Bertz CT molecular complexity index is 1040. The summed E-state index contributed by atoms with van der Waals surface area (Å²) >= 11 is 0. The maximum Gasteiger partial charge on any atom is 0.253 e. The van der Waals surface area contributed by atoms with Gasteiger partial charge < -0.3 is 19.8 Å². The molecule has 0 fully saturated rings. The number of aromatic amines is 1. The summed E-state index contributed by atoms with van der Waals surface area (Å²) < 4.78 is 10.9. The number of hydrogen-bond acceptors (Lipinski definition) is 4. The Labute approximate surface area is 152 Å². The molecule has 1 aliphatic heterocycles. The van der Waals surface area contributed by atoms with Crippen LogP contribution in [0.5, 0.6) is 11.5 Å². The Morgan fingerprint density at radius 2 is 1.77 bits per heavy atom. The standard InChI is InChI=1S/C21H22N2O3/c1-12-4-5-14-9-16(21(24)23-17(14)8-12)20-15-11-19(26-3)18(25-2)10-13(15)6-7-22-20/h4-5,8-11,20,22H,6-7H2,1-3H3,(H,23,24)/t20-/m1/s1. The van der Waals surface area contributed by atoms with E-state index in [1.807, 2.05) is 37.3 Å². The van der Waals surface area contributed by atoms with Crippen molar-refractivity contribution >= 4 is 10.9 Å². The average molecular weight is 350 g/mol. The first kappa shape index (κ1) is 16.7. The minimum absolute atomic E-state index is 0.0664. The minimum Gasteiger partial charge on any atom is -0.493 e. The van der Waals surface area contributed by atoms with Crippen molar-refractivity contribution in [3.63, 3.8) is 0 Å². The molecule has 1 atom stereocenters. The van der Waals surface area contributed by atoms with Gasteiger partial charge in [0.25, 0.3) is 5.56 Å². The molecular weight excluding hydrogens is 328 g/mol. The van der Waals surface area contributed by atoms with Crippen LogP contribution < -0.4 is 20.3 Å². The second-order valence-corrected chi connectivity index (χ2v) is 6.69. The topological polar surface area (TPSA) is 63.4 Å². The van der Waals surface area contributed by atoms with Gasteiger partial charge in [-0.05, 0) is 59.7 Å². The summed E-state index contributed by atoms with van der Waals surface area (Å²) in [5.41, 5.74) is 4.87. The summed E-state index contributed by atoms with van der Waals surface area (Å²) in [7, 11) is 3.26. The summed E-state index contributed by atoms with van der Waals surface area (Å²) in [6, 6.07) is 11.9. The first-order chi connectivity index (χ1) is 12.6. The van der Waals surface area contributed by atoms with E-state index < -0.39 is 0 Å². The highest BCUT2D eigenvalue weighted by molar-refractivity contribution is 5.80. The van der Waals surface area contributed by atoms with Crippen LogP contribution in [0.4, 0.5) is 0 Å². The molecular formula is C21H22N2O3. The van der Waals surface area contributed by atoms with Gasteiger partial charge in [0.1, 0.15) is 0 Å². The van der Waals surface area contributed by atoms with Crippen LogP contribution >= 0.6 is 0 Å². The highest BCUT2D eigenvalue weighted by atomic mass is 16.5. The number of pyridine rings is 1. The summed E-state index contributed by atoms with van der Waals surface area (Å²) in [6.45, 7) is 2.82. The molecule has 2 aromatic carbocycles. The van der Waals surface area contributed by atoms with Crippen molar-refractivity contribution < 1.29 is 9.47 Å². The molecule has 134 valence electrons. The zero-order valence-corrected chi connectivity index (χ0v) is 15.2. The van der Waals surface area contributed by atoms with Crippen molar-refractivity contribution in [3.05, 3.63) is 69.0 Å². The number of benzene rings is 2. The molecule has 2 heterocycles. The average Bonchev–Trinajstić information content (AvgIpc) is 2.65. The molecule has 0 amide bonds. The molecule has 4 rings (SSSR count). The molecule has 1 aromatic heterocycles. The van der Waals surface area contributed by atoms with Crippen molar-refractivity contribution in [1.82, 2.24) is 10.3 Å². The van der Waals surface area contributed by atoms with Crippen molar-refractivity contribution in [1.29, 1.82) is 0 Å².